The lowest BCUT2D eigenvalue weighted by Gasteiger charge is -2.18. The molecule has 1 aliphatic heterocycles. The maximum atomic E-state index is 13.9. The van der Waals surface area contributed by atoms with Gasteiger partial charge in [-0.05, 0) is 35.7 Å². The smallest absolute Gasteiger partial charge is 0.231 e. The molecule has 0 saturated carbocycles. The largest absolute Gasteiger partial charge is 0.309 e. The van der Waals surface area contributed by atoms with Gasteiger partial charge < -0.3 is 4.90 Å². The first-order chi connectivity index (χ1) is 9.65. The number of para-hydroxylation sites is 1. The van der Waals surface area contributed by atoms with Gasteiger partial charge in [0.1, 0.15) is 11.6 Å². The third-order valence-corrected chi connectivity index (χ3v) is 3.49. The minimum atomic E-state index is -0.382. The summed E-state index contributed by atoms with van der Waals surface area (Å²) in [6.07, 6.45) is 0.730. The number of hydrogen-bond donors (Lipinski definition) is 0. The molecule has 20 heavy (non-hydrogen) atoms. The molecule has 1 aliphatic rings. The first-order valence-corrected chi connectivity index (χ1v) is 6.47. The molecule has 0 unspecified atom stereocenters. The van der Waals surface area contributed by atoms with Crippen molar-refractivity contribution >= 4 is 11.6 Å². The van der Waals surface area contributed by atoms with Crippen LogP contribution in [0.2, 0.25) is 0 Å². The molecule has 2 aromatic carbocycles. The predicted molar refractivity (Wildman–Crippen MR) is 72.6 cm³/mol. The number of rotatable bonds is 2. The van der Waals surface area contributed by atoms with Crippen LogP contribution < -0.4 is 4.90 Å². The van der Waals surface area contributed by atoms with Crippen molar-refractivity contribution in [3.05, 3.63) is 65.2 Å². The number of carbonyl (C=O) groups is 1. The molecule has 102 valence electrons. The predicted octanol–water partition coefficient (Wildman–Crippen LogP) is 3.10. The zero-order chi connectivity index (χ0) is 14.1. The molecule has 0 fully saturated rings. The molecule has 2 aromatic rings. The normalized spacial score (nSPS) is 13.4. The monoisotopic (exact) mass is 273 g/mol. The van der Waals surface area contributed by atoms with Crippen LogP contribution in [-0.4, -0.2) is 12.5 Å². The van der Waals surface area contributed by atoms with Crippen molar-refractivity contribution in [3.8, 4) is 0 Å². The van der Waals surface area contributed by atoms with E-state index in [-0.39, 0.29) is 24.0 Å². The lowest BCUT2D eigenvalue weighted by molar-refractivity contribution is -0.117. The van der Waals surface area contributed by atoms with Gasteiger partial charge >= 0.3 is 0 Å². The van der Waals surface area contributed by atoms with E-state index in [1.807, 2.05) is 6.07 Å². The van der Waals surface area contributed by atoms with Crippen molar-refractivity contribution < 1.29 is 13.6 Å². The third kappa shape index (κ3) is 2.29. The summed E-state index contributed by atoms with van der Waals surface area (Å²) < 4.78 is 27.0. The zero-order valence-corrected chi connectivity index (χ0v) is 10.8. The minimum Gasteiger partial charge on any atom is -0.309 e. The Kier molecular flexibility index (Phi) is 3.22. The fourth-order valence-electron chi connectivity index (χ4n) is 2.57. The van der Waals surface area contributed by atoms with Crippen molar-refractivity contribution in [2.75, 3.05) is 11.4 Å². The molecule has 1 amide bonds. The summed E-state index contributed by atoms with van der Waals surface area (Å²) >= 11 is 0. The summed E-state index contributed by atoms with van der Waals surface area (Å²) in [7, 11) is 0. The number of fused-ring (bicyclic) bond motifs is 1. The van der Waals surface area contributed by atoms with Crippen molar-refractivity contribution in [1.82, 2.24) is 0 Å². The molecule has 0 aliphatic carbocycles. The second-order valence-corrected chi connectivity index (χ2v) is 4.85. The summed E-state index contributed by atoms with van der Waals surface area (Å²) in [6, 6.07) is 10.8. The highest BCUT2D eigenvalue weighted by molar-refractivity contribution is 5.96. The molecule has 0 bridgehead atoms. The number of carbonyl (C=O) groups excluding carboxylic acids is 1. The summed E-state index contributed by atoms with van der Waals surface area (Å²) in [5, 5.41) is 0. The van der Waals surface area contributed by atoms with E-state index in [2.05, 4.69) is 0 Å². The van der Waals surface area contributed by atoms with Crippen molar-refractivity contribution in [1.29, 1.82) is 0 Å². The number of halogens is 2. The highest BCUT2D eigenvalue weighted by Gasteiger charge is 2.27. The fraction of sp³-hybridized carbons (Fsp3) is 0.188. The average Bonchev–Trinajstić information content (AvgIpc) is 2.84. The van der Waals surface area contributed by atoms with E-state index < -0.39 is 0 Å². The Labute approximate surface area is 115 Å². The Morgan fingerprint density at radius 2 is 1.95 bits per heavy atom. The molecular weight excluding hydrogens is 260 g/mol. The molecule has 3 rings (SSSR count). The van der Waals surface area contributed by atoms with Crippen molar-refractivity contribution in [3.63, 3.8) is 0 Å². The molecule has 4 heteroatoms. The van der Waals surface area contributed by atoms with Crippen LogP contribution in [0, 0.1) is 11.6 Å². The van der Waals surface area contributed by atoms with Gasteiger partial charge in [0.05, 0.1) is 12.1 Å². The number of nitrogens with zero attached hydrogens (tertiary/aromatic N) is 1. The zero-order valence-electron chi connectivity index (χ0n) is 10.8. The van der Waals surface area contributed by atoms with Crippen LogP contribution in [0.25, 0.3) is 0 Å². The Bertz CT molecular complexity index is 669. The number of hydrogen-bond acceptors (Lipinski definition) is 1. The van der Waals surface area contributed by atoms with Crippen LogP contribution in [0.5, 0.6) is 0 Å². The quantitative estimate of drug-likeness (QED) is 0.823. The van der Waals surface area contributed by atoms with Crippen LogP contribution in [-0.2, 0) is 17.6 Å². The summed E-state index contributed by atoms with van der Waals surface area (Å²) in [6.45, 7) is 0.477. The highest BCUT2D eigenvalue weighted by Crippen LogP contribution is 2.31. The standard InChI is InChI=1S/C16H13F2NO/c17-13-5-1-3-11(9-13)10-15(20)19-8-7-12-4-2-6-14(18)16(12)19/h1-6,9H,7-8,10H2. The van der Waals surface area contributed by atoms with E-state index in [0.29, 0.717) is 24.2 Å². The minimum absolute atomic E-state index is 0.0749. The molecule has 0 saturated heterocycles. The van der Waals surface area contributed by atoms with Crippen LogP contribution >= 0.6 is 0 Å². The first kappa shape index (κ1) is 12.8. The van der Waals surface area contributed by atoms with Crippen LogP contribution in [0.1, 0.15) is 11.1 Å². The van der Waals surface area contributed by atoms with Crippen LogP contribution in [0.3, 0.4) is 0 Å². The number of benzene rings is 2. The third-order valence-electron chi connectivity index (χ3n) is 3.49. The number of amides is 1. The van der Waals surface area contributed by atoms with Gasteiger partial charge in [-0.1, -0.05) is 24.3 Å². The molecule has 0 atom stereocenters. The topological polar surface area (TPSA) is 20.3 Å². The summed E-state index contributed by atoms with van der Waals surface area (Å²) in [5.74, 6) is -0.963. The molecule has 0 aromatic heterocycles. The lowest BCUT2D eigenvalue weighted by Crippen LogP contribution is -2.31. The van der Waals surface area contributed by atoms with E-state index in [0.717, 1.165) is 5.56 Å². The van der Waals surface area contributed by atoms with Crippen molar-refractivity contribution in [2.24, 2.45) is 0 Å². The molecule has 0 N–H and O–H groups in total. The second kappa shape index (κ2) is 5.04. The van der Waals surface area contributed by atoms with Crippen LogP contribution in [0.15, 0.2) is 42.5 Å². The first-order valence-electron chi connectivity index (χ1n) is 6.47. The van der Waals surface area contributed by atoms with E-state index in [1.165, 1.54) is 23.1 Å². The van der Waals surface area contributed by atoms with Gasteiger partial charge in [0, 0.05) is 6.54 Å². The van der Waals surface area contributed by atoms with Crippen LogP contribution in [0.4, 0.5) is 14.5 Å². The SMILES string of the molecule is O=C(Cc1cccc(F)c1)N1CCc2cccc(F)c21. The molecule has 1 heterocycles. The Morgan fingerprint density at radius 3 is 2.75 bits per heavy atom. The second-order valence-electron chi connectivity index (χ2n) is 4.85. The van der Waals surface area contributed by atoms with E-state index in [1.54, 1.807) is 18.2 Å². The van der Waals surface area contributed by atoms with Gasteiger partial charge in [-0.2, -0.15) is 0 Å². The summed E-state index contributed by atoms with van der Waals surface area (Å²) in [5.41, 5.74) is 1.81. The lowest BCUT2D eigenvalue weighted by atomic mass is 10.1. The highest BCUT2D eigenvalue weighted by atomic mass is 19.1. The van der Waals surface area contributed by atoms with E-state index >= 15 is 0 Å². The average molecular weight is 273 g/mol. The van der Waals surface area contributed by atoms with Crippen molar-refractivity contribution in [2.45, 2.75) is 12.8 Å². The van der Waals surface area contributed by atoms with E-state index in [4.69, 9.17) is 0 Å². The molecule has 0 spiro atoms. The van der Waals surface area contributed by atoms with Gasteiger partial charge in [0.2, 0.25) is 5.91 Å². The van der Waals surface area contributed by atoms with Gasteiger partial charge in [0.15, 0.2) is 0 Å². The molecular formula is C16H13F2NO. The van der Waals surface area contributed by atoms with Gasteiger partial charge in [0.25, 0.3) is 0 Å². The maximum absolute atomic E-state index is 13.9. The fourth-order valence-corrected chi connectivity index (χ4v) is 2.57. The Balaban J connectivity index is 1.84. The molecule has 0 radical (unpaired) electrons. The maximum Gasteiger partial charge on any atom is 0.231 e. The summed E-state index contributed by atoms with van der Waals surface area (Å²) in [4.78, 5) is 13.7. The van der Waals surface area contributed by atoms with Gasteiger partial charge in [-0.25, -0.2) is 8.78 Å². The Morgan fingerprint density at radius 1 is 1.15 bits per heavy atom. The van der Waals surface area contributed by atoms with Gasteiger partial charge in [-0.3, -0.25) is 4.79 Å². The molecule has 2 nitrogen and oxygen atoms in total. The Hall–Kier alpha value is -2.23. The van der Waals surface area contributed by atoms with E-state index in [9.17, 15) is 13.6 Å². The number of anilines is 1. The van der Waals surface area contributed by atoms with Gasteiger partial charge in [-0.15, -0.1) is 0 Å².